The number of hydrogen-bond donors (Lipinski definition) is 0. The normalized spacial score (nSPS) is 17.1. The van der Waals surface area contributed by atoms with E-state index in [2.05, 4.69) is 20.0 Å². The summed E-state index contributed by atoms with van der Waals surface area (Å²) >= 11 is 0. The van der Waals surface area contributed by atoms with Gasteiger partial charge >= 0.3 is 5.97 Å². The molecule has 4 rings (SSSR count). The van der Waals surface area contributed by atoms with Crippen LogP contribution in [0.25, 0.3) is 10.9 Å². The number of esters is 1. The summed E-state index contributed by atoms with van der Waals surface area (Å²) in [4.78, 5) is 23.1. The highest BCUT2D eigenvalue weighted by Gasteiger charge is 2.27. The van der Waals surface area contributed by atoms with Crippen molar-refractivity contribution in [2.24, 2.45) is 5.92 Å². The molecule has 1 unspecified atom stereocenters. The Morgan fingerprint density at radius 2 is 2.29 bits per heavy atom. The standard InChI is InChI=1S/C20H22FN5O2/c1-2-28-20(27)17-9-23-18-6-5-15(21)8-16(18)19(17)25-7-3-4-14(10-25)11-26-13-22-12-24-26/h5-6,8-9,12-14H,2-4,7,10-11H2,1H3. The Morgan fingerprint density at radius 3 is 3.07 bits per heavy atom. The Hall–Kier alpha value is -3.03. The predicted octanol–water partition coefficient (Wildman–Crippen LogP) is 3.06. The van der Waals surface area contributed by atoms with Gasteiger partial charge in [-0.3, -0.25) is 9.67 Å². The van der Waals surface area contributed by atoms with Crippen LogP contribution in [0.2, 0.25) is 0 Å². The number of halogens is 1. The van der Waals surface area contributed by atoms with Crippen LogP contribution in [-0.4, -0.2) is 45.4 Å². The molecule has 2 aromatic heterocycles. The molecule has 0 spiro atoms. The maximum absolute atomic E-state index is 14.0. The predicted molar refractivity (Wildman–Crippen MR) is 103 cm³/mol. The van der Waals surface area contributed by atoms with Crippen LogP contribution in [0.1, 0.15) is 30.1 Å². The first kappa shape index (κ1) is 18.3. The van der Waals surface area contributed by atoms with Crippen LogP contribution in [0, 0.1) is 11.7 Å². The molecule has 1 saturated heterocycles. The molecule has 1 aliphatic heterocycles. The fraction of sp³-hybridized carbons (Fsp3) is 0.400. The first-order chi connectivity index (χ1) is 13.7. The number of ether oxygens (including phenoxy) is 1. The first-order valence-electron chi connectivity index (χ1n) is 9.48. The van der Waals surface area contributed by atoms with Crippen LogP contribution < -0.4 is 4.90 Å². The van der Waals surface area contributed by atoms with E-state index >= 15 is 0 Å². The maximum atomic E-state index is 14.0. The molecule has 1 aliphatic rings. The van der Waals surface area contributed by atoms with Crippen molar-refractivity contribution in [3.8, 4) is 0 Å². The molecule has 1 aromatic carbocycles. The van der Waals surface area contributed by atoms with Gasteiger partial charge in [0.15, 0.2) is 0 Å². The van der Waals surface area contributed by atoms with Gasteiger partial charge in [-0.15, -0.1) is 0 Å². The summed E-state index contributed by atoms with van der Waals surface area (Å²) in [6.07, 6.45) is 6.80. The molecule has 1 atom stereocenters. The number of carbonyl (C=O) groups excluding carboxylic acids is 1. The van der Waals surface area contributed by atoms with Crippen molar-refractivity contribution >= 4 is 22.6 Å². The minimum atomic E-state index is -0.436. The number of anilines is 1. The molecule has 146 valence electrons. The molecule has 0 N–H and O–H groups in total. The van der Waals surface area contributed by atoms with Crippen LogP contribution in [-0.2, 0) is 11.3 Å². The molecular formula is C20H22FN5O2. The third-order valence-corrected chi connectivity index (χ3v) is 5.04. The number of carbonyl (C=O) groups is 1. The monoisotopic (exact) mass is 383 g/mol. The number of pyridine rings is 1. The van der Waals surface area contributed by atoms with Crippen molar-refractivity contribution in [1.29, 1.82) is 0 Å². The summed E-state index contributed by atoms with van der Waals surface area (Å²) in [5, 5.41) is 4.82. The summed E-state index contributed by atoms with van der Waals surface area (Å²) in [6, 6.07) is 4.47. The zero-order chi connectivity index (χ0) is 19.5. The zero-order valence-corrected chi connectivity index (χ0v) is 15.7. The number of rotatable bonds is 5. The van der Waals surface area contributed by atoms with Crippen molar-refractivity contribution in [2.75, 3.05) is 24.6 Å². The van der Waals surface area contributed by atoms with Crippen LogP contribution >= 0.6 is 0 Å². The average Bonchev–Trinajstić information content (AvgIpc) is 3.20. The van der Waals surface area contributed by atoms with E-state index in [0.717, 1.165) is 32.5 Å². The van der Waals surface area contributed by atoms with Gasteiger partial charge in [0, 0.05) is 31.2 Å². The third kappa shape index (κ3) is 3.67. The molecule has 3 heterocycles. The number of hydrogen-bond acceptors (Lipinski definition) is 6. The lowest BCUT2D eigenvalue weighted by Gasteiger charge is -2.35. The molecule has 3 aromatic rings. The minimum absolute atomic E-state index is 0.272. The van der Waals surface area contributed by atoms with Crippen LogP contribution in [0.15, 0.2) is 37.1 Å². The molecule has 8 heteroatoms. The molecule has 0 bridgehead atoms. The molecular weight excluding hydrogens is 361 g/mol. The molecule has 0 aliphatic carbocycles. The number of piperidine rings is 1. The molecule has 0 radical (unpaired) electrons. The Labute approximate surface area is 162 Å². The molecule has 28 heavy (non-hydrogen) atoms. The summed E-state index contributed by atoms with van der Waals surface area (Å²) in [5.74, 6) is -0.440. The van der Waals surface area contributed by atoms with E-state index in [0.29, 0.717) is 28.1 Å². The van der Waals surface area contributed by atoms with Crippen molar-refractivity contribution in [1.82, 2.24) is 19.7 Å². The van der Waals surface area contributed by atoms with Crippen molar-refractivity contribution in [3.05, 3.63) is 48.4 Å². The van der Waals surface area contributed by atoms with Gasteiger partial charge in [-0.25, -0.2) is 14.2 Å². The van der Waals surface area contributed by atoms with Crippen molar-refractivity contribution < 1.29 is 13.9 Å². The van der Waals surface area contributed by atoms with Gasteiger partial charge in [0.05, 0.1) is 17.8 Å². The highest BCUT2D eigenvalue weighted by atomic mass is 19.1. The zero-order valence-electron chi connectivity index (χ0n) is 15.7. The SMILES string of the molecule is CCOC(=O)c1cnc2ccc(F)cc2c1N1CCCC(Cn2cncn2)C1. The minimum Gasteiger partial charge on any atom is -0.462 e. The van der Waals surface area contributed by atoms with Gasteiger partial charge in [0.1, 0.15) is 24.0 Å². The lowest BCUT2D eigenvalue weighted by atomic mass is 9.96. The smallest absolute Gasteiger partial charge is 0.341 e. The lowest BCUT2D eigenvalue weighted by molar-refractivity contribution is 0.0526. The first-order valence-corrected chi connectivity index (χ1v) is 9.48. The molecule has 0 saturated carbocycles. The molecule has 7 nitrogen and oxygen atoms in total. The van der Waals surface area contributed by atoms with E-state index in [4.69, 9.17) is 4.74 Å². The second kappa shape index (κ2) is 7.92. The van der Waals surface area contributed by atoms with E-state index in [1.807, 2.05) is 4.68 Å². The fourth-order valence-electron chi connectivity index (χ4n) is 3.86. The van der Waals surface area contributed by atoms with Crippen LogP contribution in [0.5, 0.6) is 0 Å². The van der Waals surface area contributed by atoms with Gasteiger partial charge in [0.2, 0.25) is 0 Å². The van der Waals surface area contributed by atoms with E-state index in [1.165, 1.54) is 24.7 Å². The fourth-order valence-corrected chi connectivity index (χ4v) is 3.86. The van der Waals surface area contributed by atoms with E-state index in [9.17, 15) is 9.18 Å². The van der Waals surface area contributed by atoms with Gasteiger partial charge in [-0.2, -0.15) is 5.10 Å². The second-order valence-electron chi connectivity index (χ2n) is 6.97. The summed E-state index contributed by atoms with van der Waals surface area (Å²) in [7, 11) is 0. The van der Waals surface area contributed by atoms with E-state index in [1.54, 1.807) is 19.3 Å². The number of aromatic nitrogens is 4. The van der Waals surface area contributed by atoms with E-state index < -0.39 is 5.97 Å². The Morgan fingerprint density at radius 1 is 1.39 bits per heavy atom. The average molecular weight is 383 g/mol. The van der Waals surface area contributed by atoms with Gasteiger partial charge in [-0.05, 0) is 43.9 Å². The topological polar surface area (TPSA) is 73.1 Å². The lowest BCUT2D eigenvalue weighted by Crippen LogP contribution is -2.38. The second-order valence-corrected chi connectivity index (χ2v) is 6.97. The molecule has 0 amide bonds. The van der Waals surface area contributed by atoms with Crippen LogP contribution in [0.4, 0.5) is 10.1 Å². The van der Waals surface area contributed by atoms with Gasteiger partial charge in [0.25, 0.3) is 0 Å². The van der Waals surface area contributed by atoms with E-state index in [-0.39, 0.29) is 12.4 Å². The maximum Gasteiger partial charge on any atom is 0.341 e. The summed E-state index contributed by atoms with van der Waals surface area (Å²) in [6.45, 7) is 4.32. The van der Waals surface area contributed by atoms with Crippen molar-refractivity contribution in [2.45, 2.75) is 26.3 Å². The summed E-state index contributed by atoms with van der Waals surface area (Å²) in [5.41, 5.74) is 1.73. The number of nitrogens with zero attached hydrogens (tertiary/aromatic N) is 5. The number of fused-ring (bicyclic) bond motifs is 1. The molecule has 1 fully saturated rings. The van der Waals surface area contributed by atoms with Gasteiger partial charge in [-0.1, -0.05) is 0 Å². The summed E-state index contributed by atoms with van der Waals surface area (Å²) < 4.78 is 21.1. The van der Waals surface area contributed by atoms with Crippen LogP contribution in [0.3, 0.4) is 0 Å². The highest BCUT2D eigenvalue weighted by Crippen LogP contribution is 2.34. The third-order valence-electron chi connectivity index (χ3n) is 5.04. The van der Waals surface area contributed by atoms with Crippen molar-refractivity contribution in [3.63, 3.8) is 0 Å². The van der Waals surface area contributed by atoms with Gasteiger partial charge < -0.3 is 9.64 Å². The largest absolute Gasteiger partial charge is 0.462 e. The Balaban J connectivity index is 1.73. The highest BCUT2D eigenvalue weighted by molar-refractivity contribution is 6.05. The Kier molecular flexibility index (Phi) is 5.18. The number of benzene rings is 1. The Bertz CT molecular complexity index is 976. The quantitative estimate of drug-likeness (QED) is 0.631.